The summed E-state index contributed by atoms with van der Waals surface area (Å²) in [4.78, 5) is 16.6. The third-order valence-electron chi connectivity index (χ3n) is 3.24. The van der Waals surface area contributed by atoms with Gasteiger partial charge in [-0.3, -0.25) is 9.78 Å². The maximum absolute atomic E-state index is 12.1. The first-order valence-electron chi connectivity index (χ1n) is 7.24. The van der Waals surface area contributed by atoms with Crippen molar-refractivity contribution >= 4 is 30.7 Å². The van der Waals surface area contributed by atoms with E-state index >= 15 is 0 Å². The van der Waals surface area contributed by atoms with Crippen LogP contribution >= 0.6 is 24.8 Å². The van der Waals surface area contributed by atoms with Crippen molar-refractivity contribution in [1.29, 1.82) is 0 Å². The van der Waals surface area contributed by atoms with E-state index < -0.39 is 0 Å². The summed E-state index contributed by atoms with van der Waals surface area (Å²) in [7, 11) is 0. The Balaban J connectivity index is 0.00000242. The fraction of sp³-hybridized carbons (Fsp3) is 0.294. The molecule has 0 aliphatic heterocycles. The molecule has 2 N–H and O–H groups in total. The van der Waals surface area contributed by atoms with Crippen LogP contribution in [0.2, 0.25) is 0 Å². The van der Waals surface area contributed by atoms with Gasteiger partial charge in [0.2, 0.25) is 0 Å². The first kappa shape index (κ1) is 21.4. The fourth-order valence-corrected chi connectivity index (χ4v) is 2.11. The minimum Gasteiger partial charge on any atom is -0.351 e. The molecule has 0 atom stereocenters. The number of likely N-dealkylation sites (N-methyl/N-ethyl adjacent to an activating group) is 1. The van der Waals surface area contributed by atoms with E-state index in [1.165, 1.54) is 0 Å². The number of hydrogen-bond donors (Lipinski definition) is 2. The maximum atomic E-state index is 12.1. The van der Waals surface area contributed by atoms with Crippen LogP contribution in [0.1, 0.15) is 23.0 Å². The Hall–Kier alpha value is -1.62. The number of nitrogens with one attached hydrogen (secondary N) is 2. The van der Waals surface area contributed by atoms with Crippen molar-refractivity contribution in [3.63, 3.8) is 0 Å². The zero-order chi connectivity index (χ0) is 15.1. The summed E-state index contributed by atoms with van der Waals surface area (Å²) in [5, 5.41) is 6.06. The molecule has 0 unspecified atom stereocenters. The van der Waals surface area contributed by atoms with Crippen molar-refractivity contribution in [3.8, 4) is 11.3 Å². The number of aromatic nitrogens is 1. The summed E-state index contributed by atoms with van der Waals surface area (Å²) >= 11 is 0. The number of nitrogens with zero attached hydrogens (tertiary/aromatic N) is 1. The maximum Gasteiger partial charge on any atom is 0.253 e. The minimum atomic E-state index is -0.0717. The minimum absolute atomic E-state index is 0. The predicted molar refractivity (Wildman–Crippen MR) is 99.8 cm³/mol. The van der Waals surface area contributed by atoms with Gasteiger partial charge in [0.1, 0.15) is 0 Å². The molecule has 6 heteroatoms. The number of halogens is 2. The standard InChI is InChI=1S/C17H21N3O.2ClH/c1-3-18-11-12-19-17(21)15-9-10-16(20-13(15)2)14-7-5-4-6-8-14;;/h4-10,18H,3,11-12H2,1-2H3,(H,19,21);2*1H. The van der Waals surface area contributed by atoms with Crippen molar-refractivity contribution < 1.29 is 4.79 Å². The van der Waals surface area contributed by atoms with Gasteiger partial charge in [0, 0.05) is 18.7 Å². The van der Waals surface area contributed by atoms with Crippen molar-refractivity contribution in [2.75, 3.05) is 19.6 Å². The zero-order valence-corrected chi connectivity index (χ0v) is 15.0. The predicted octanol–water partition coefficient (Wildman–Crippen LogP) is 3.24. The number of amides is 1. The number of benzene rings is 1. The SMILES string of the molecule is CCNCCNC(=O)c1ccc(-c2ccccc2)nc1C.Cl.Cl. The number of hydrogen-bond acceptors (Lipinski definition) is 3. The van der Waals surface area contributed by atoms with E-state index in [4.69, 9.17) is 0 Å². The lowest BCUT2D eigenvalue weighted by Gasteiger charge is -2.09. The molecule has 1 aromatic carbocycles. The van der Waals surface area contributed by atoms with Crippen LogP contribution in [0.4, 0.5) is 0 Å². The highest BCUT2D eigenvalue weighted by Crippen LogP contribution is 2.18. The van der Waals surface area contributed by atoms with E-state index in [9.17, 15) is 4.79 Å². The molecule has 0 aliphatic carbocycles. The smallest absolute Gasteiger partial charge is 0.253 e. The van der Waals surface area contributed by atoms with E-state index in [1.807, 2.05) is 56.3 Å². The largest absolute Gasteiger partial charge is 0.351 e. The van der Waals surface area contributed by atoms with Crippen LogP contribution in [0.15, 0.2) is 42.5 Å². The van der Waals surface area contributed by atoms with Gasteiger partial charge < -0.3 is 10.6 Å². The van der Waals surface area contributed by atoms with Crippen molar-refractivity contribution in [1.82, 2.24) is 15.6 Å². The lowest BCUT2D eigenvalue weighted by molar-refractivity contribution is 0.0953. The molecule has 0 aliphatic rings. The van der Waals surface area contributed by atoms with Crippen LogP contribution in [0.25, 0.3) is 11.3 Å². The van der Waals surface area contributed by atoms with Crippen LogP contribution < -0.4 is 10.6 Å². The Labute approximate surface area is 149 Å². The van der Waals surface area contributed by atoms with Gasteiger partial charge in [0.15, 0.2) is 0 Å². The van der Waals surface area contributed by atoms with E-state index in [0.717, 1.165) is 30.0 Å². The van der Waals surface area contributed by atoms with Crippen LogP contribution in [0.5, 0.6) is 0 Å². The molecular weight excluding hydrogens is 333 g/mol. The summed E-state index contributed by atoms with van der Waals surface area (Å²) < 4.78 is 0. The lowest BCUT2D eigenvalue weighted by atomic mass is 10.1. The second-order valence-corrected chi connectivity index (χ2v) is 4.80. The Morgan fingerprint density at radius 1 is 1.04 bits per heavy atom. The first-order valence-corrected chi connectivity index (χ1v) is 7.24. The van der Waals surface area contributed by atoms with Crippen LogP contribution in [-0.4, -0.2) is 30.5 Å². The van der Waals surface area contributed by atoms with Crippen molar-refractivity contribution in [2.24, 2.45) is 0 Å². The molecule has 2 rings (SSSR count). The number of rotatable bonds is 6. The molecule has 0 fully saturated rings. The molecule has 4 nitrogen and oxygen atoms in total. The summed E-state index contributed by atoms with van der Waals surface area (Å²) in [5.74, 6) is -0.0717. The van der Waals surface area contributed by atoms with Gasteiger partial charge in [-0.25, -0.2) is 0 Å². The second kappa shape index (κ2) is 11.0. The number of carbonyl (C=O) groups excluding carboxylic acids is 1. The van der Waals surface area contributed by atoms with Gasteiger partial charge in [0.25, 0.3) is 5.91 Å². The number of carbonyl (C=O) groups is 1. The van der Waals surface area contributed by atoms with Crippen LogP contribution in [0.3, 0.4) is 0 Å². The quantitative estimate of drug-likeness (QED) is 0.782. The second-order valence-electron chi connectivity index (χ2n) is 4.80. The number of aryl methyl sites for hydroxylation is 1. The molecule has 0 saturated heterocycles. The zero-order valence-electron chi connectivity index (χ0n) is 13.3. The molecule has 23 heavy (non-hydrogen) atoms. The highest BCUT2D eigenvalue weighted by atomic mass is 35.5. The third kappa shape index (κ3) is 6.18. The number of pyridine rings is 1. The normalized spacial score (nSPS) is 9.48. The van der Waals surface area contributed by atoms with E-state index in [2.05, 4.69) is 15.6 Å². The Morgan fingerprint density at radius 3 is 2.35 bits per heavy atom. The Kier molecular flexibility index (Phi) is 10.2. The molecule has 0 spiro atoms. The summed E-state index contributed by atoms with van der Waals surface area (Å²) in [6.07, 6.45) is 0. The Morgan fingerprint density at radius 2 is 1.74 bits per heavy atom. The molecule has 126 valence electrons. The molecular formula is C17H23Cl2N3O. The van der Waals surface area contributed by atoms with Gasteiger partial charge in [-0.15, -0.1) is 24.8 Å². The molecule has 2 aromatic rings. The van der Waals surface area contributed by atoms with E-state index in [1.54, 1.807) is 0 Å². The monoisotopic (exact) mass is 355 g/mol. The average Bonchev–Trinajstić information content (AvgIpc) is 2.52. The summed E-state index contributed by atoms with van der Waals surface area (Å²) in [6, 6.07) is 13.7. The molecule has 1 heterocycles. The molecule has 1 amide bonds. The molecule has 0 bridgehead atoms. The van der Waals surface area contributed by atoms with Gasteiger partial charge in [-0.1, -0.05) is 37.3 Å². The van der Waals surface area contributed by atoms with Crippen molar-refractivity contribution in [2.45, 2.75) is 13.8 Å². The summed E-state index contributed by atoms with van der Waals surface area (Å²) in [5.41, 5.74) is 3.32. The van der Waals surface area contributed by atoms with Crippen LogP contribution in [0, 0.1) is 6.92 Å². The van der Waals surface area contributed by atoms with Gasteiger partial charge in [-0.2, -0.15) is 0 Å². The molecule has 0 radical (unpaired) electrons. The van der Waals surface area contributed by atoms with Gasteiger partial charge >= 0.3 is 0 Å². The third-order valence-corrected chi connectivity index (χ3v) is 3.24. The topological polar surface area (TPSA) is 54.0 Å². The van der Waals surface area contributed by atoms with Crippen molar-refractivity contribution in [3.05, 3.63) is 53.7 Å². The van der Waals surface area contributed by atoms with E-state index in [0.29, 0.717) is 12.1 Å². The lowest BCUT2D eigenvalue weighted by Crippen LogP contribution is -2.32. The average molecular weight is 356 g/mol. The Bertz CT molecular complexity index is 606. The van der Waals surface area contributed by atoms with Crippen LogP contribution in [-0.2, 0) is 0 Å². The molecule has 0 saturated carbocycles. The fourth-order valence-electron chi connectivity index (χ4n) is 2.11. The van der Waals surface area contributed by atoms with Gasteiger partial charge in [-0.05, 0) is 25.6 Å². The highest BCUT2D eigenvalue weighted by molar-refractivity contribution is 5.95. The highest BCUT2D eigenvalue weighted by Gasteiger charge is 2.10. The van der Waals surface area contributed by atoms with Gasteiger partial charge in [0.05, 0.1) is 17.0 Å². The van der Waals surface area contributed by atoms with E-state index in [-0.39, 0.29) is 30.7 Å². The summed E-state index contributed by atoms with van der Waals surface area (Å²) in [6.45, 7) is 6.20. The molecule has 1 aromatic heterocycles. The first-order chi connectivity index (χ1) is 10.2.